The highest BCUT2D eigenvalue weighted by Gasteiger charge is 2.20. The number of carboxylic acid groups (broad SMARTS) is 1. The summed E-state index contributed by atoms with van der Waals surface area (Å²) < 4.78 is 0. The summed E-state index contributed by atoms with van der Waals surface area (Å²) in [6.07, 6.45) is 0.611. The predicted octanol–water partition coefficient (Wildman–Crippen LogP) is 2.61. The Labute approximate surface area is 89.4 Å². The molecule has 1 unspecified atom stereocenters. The lowest BCUT2D eigenvalue weighted by Crippen LogP contribution is -2.13. The quantitative estimate of drug-likeness (QED) is 0.799. The SMILES string of the molecule is CC(C)CC(C(=O)O)c1ccc(O)cc1. The summed E-state index contributed by atoms with van der Waals surface area (Å²) in [7, 11) is 0. The van der Waals surface area contributed by atoms with E-state index in [0.717, 1.165) is 5.56 Å². The van der Waals surface area contributed by atoms with Gasteiger partial charge in [-0.2, -0.15) is 0 Å². The third-order valence-corrected chi connectivity index (χ3v) is 2.30. The normalized spacial score (nSPS) is 12.7. The minimum absolute atomic E-state index is 0.160. The monoisotopic (exact) mass is 208 g/mol. The van der Waals surface area contributed by atoms with Gasteiger partial charge in [0.2, 0.25) is 0 Å². The standard InChI is InChI=1S/C12H16O3/c1-8(2)7-11(12(14)15)9-3-5-10(13)6-4-9/h3-6,8,11,13H,7H2,1-2H3,(H,14,15). The molecule has 3 nitrogen and oxygen atoms in total. The molecule has 0 aliphatic rings. The van der Waals surface area contributed by atoms with Gasteiger partial charge in [0.1, 0.15) is 5.75 Å². The molecular formula is C12H16O3. The number of aromatic hydroxyl groups is 1. The topological polar surface area (TPSA) is 57.5 Å². The molecule has 15 heavy (non-hydrogen) atoms. The van der Waals surface area contributed by atoms with Gasteiger partial charge in [-0.15, -0.1) is 0 Å². The van der Waals surface area contributed by atoms with Crippen molar-refractivity contribution >= 4 is 5.97 Å². The van der Waals surface area contributed by atoms with E-state index in [9.17, 15) is 4.79 Å². The summed E-state index contributed by atoms with van der Waals surface area (Å²) in [6.45, 7) is 3.99. The smallest absolute Gasteiger partial charge is 0.310 e. The van der Waals surface area contributed by atoms with Crippen molar-refractivity contribution in [2.45, 2.75) is 26.2 Å². The minimum atomic E-state index is -0.811. The van der Waals surface area contributed by atoms with Crippen LogP contribution in [0.25, 0.3) is 0 Å². The van der Waals surface area contributed by atoms with E-state index in [-0.39, 0.29) is 5.75 Å². The molecule has 82 valence electrons. The van der Waals surface area contributed by atoms with Crippen LogP contribution in [-0.2, 0) is 4.79 Å². The molecule has 1 atom stereocenters. The van der Waals surface area contributed by atoms with Gasteiger partial charge in [0, 0.05) is 0 Å². The molecule has 0 saturated carbocycles. The summed E-state index contributed by atoms with van der Waals surface area (Å²) in [5.74, 6) is -0.799. The molecule has 0 spiro atoms. The van der Waals surface area contributed by atoms with Crippen LogP contribution in [0, 0.1) is 5.92 Å². The zero-order chi connectivity index (χ0) is 11.4. The lowest BCUT2D eigenvalue weighted by molar-refractivity contribution is -0.139. The molecule has 0 heterocycles. The number of carboxylic acids is 1. The van der Waals surface area contributed by atoms with Gasteiger partial charge < -0.3 is 10.2 Å². The lowest BCUT2D eigenvalue weighted by atomic mass is 9.90. The average molecular weight is 208 g/mol. The van der Waals surface area contributed by atoms with Crippen molar-refractivity contribution in [2.75, 3.05) is 0 Å². The third kappa shape index (κ3) is 3.27. The van der Waals surface area contributed by atoms with Crippen molar-refractivity contribution in [1.29, 1.82) is 0 Å². The molecule has 1 aromatic carbocycles. The van der Waals surface area contributed by atoms with Gasteiger partial charge in [0.05, 0.1) is 5.92 Å². The minimum Gasteiger partial charge on any atom is -0.508 e. The Morgan fingerprint density at radius 3 is 2.20 bits per heavy atom. The summed E-state index contributed by atoms with van der Waals surface area (Å²) in [5.41, 5.74) is 0.744. The Hall–Kier alpha value is -1.51. The molecule has 1 rings (SSSR count). The molecule has 0 saturated heterocycles. The maximum Gasteiger partial charge on any atom is 0.310 e. The zero-order valence-electron chi connectivity index (χ0n) is 8.97. The Balaban J connectivity index is 2.89. The summed E-state index contributed by atoms with van der Waals surface area (Å²) in [5, 5.41) is 18.2. The van der Waals surface area contributed by atoms with Gasteiger partial charge >= 0.3 is 5.97 Å². The van der Waals surface area contributed by atoms with Crippen LogP contribution in [0.3, 0.4) is 0 Å². The van der Waals surface area contributed by atoms with Crippen LogP contribution < -0.4 is 0 Å². The van der Waals surface area contributed by atoms with Gasteiger partial charge in [-0.25, -0.2) is 0 Å². The number of phenolic OH excluding ortho intramolecular Hbond substituents is 1. The molecule has 3 heteroatoms. The molecule has 0 fully saturated rings. The van der Waals surface area contributed by atoms with Gasteiger partial charge in [-0.1, -0.05) is 26.0 Å². The number of rotatable bonds is 4. The number of benzene rings is 1. The third-order valence-electron chi connectivity index (χ3n) is 2.30. The van der Waals surface area contributed by atoms with Crippen LogP contribution >= 0.6 is 0 Å². The van der Waals surface area contributed by atoms with E-state index < -0.39 is 11.9 Å². The number of aliphatic carboxylic acids is 1. The molecule has 0 radical (unpaired) electrons. The van der Waals surface area contributed by atoms with Crippen molar-refractivity contribution in [3.8, 4) is 5.75 Å². The van der Waals surface area contributed by atoms with Crippen molar-refractivity contribution in [1.82, 2.24) is 0 Å². The van der Waals surface area contributed by atoms with Crippen LogP contribution in [0.2, 0.25) is 0 Å². The van der Waals surface area contributed by atoms with Gasteiger partial charge in [-0.05, 0) is 30.0 Å². The van der Waals surface area contributed by atoms with Crippen molar-refractivity contribution in [2.24, 2.45) is 5.92 Å². The van der Waals surface area contributed by atoms with Crippen molar-refractivity contribution in [3.05, 3.63) is 29.8 Å². The van der Waals surface area contributed by atoms with E-state index in [1.165, 1.54) is 12.1 Å². The first-order chi connectivity index (χ1) is 7.00. The van der Waals surface area contributed by atoms with E-state index in [1.807, 2.05) is 13.8 Å². The van der Waals surface area contributed by atoms with Crippen LogP contribution in [0.15, 0.2) is 24.3 Å². The second-order valence-electron chi connectivity index (χ2n) is 4.11. The number of hydrogen-bond donors (Lipinski definition) is 2. The molecule has 0 aliphatic heterocycles. The second kappa shape index (κ2) is 4.82. The van der Waals surface area contributed by atoms with Gasteiger partial charge in [0.25, 0.3) is 0 Å². The molecular weight excluding hydrogens is 192 g/mol. The van der Waals surface area contributed by atoms with E-state index in [0.29, 0.717) is 12.3 Å². The van der Waals surface area contributed by atoms with E-state index in [1.54, 1.807) is 12.1 Å². The first-order valence-corrected chi connectivity index (χ1v) is 5.02. The Morgan fingerprint density at radius 2 is 1.80 bits per heavy atom. The largest absolute Gasteiger partial charge is 0.508 e. The molecule has 0 aromatic heterocycles. The number of carbonyl (C=O) groups is 1. The second-order valence-corrected chi connectivity index (χ2v) is 4.11. The van der Waals surface area contributed by atoms with Crippen LogP contribution in [-0.4, -0.2) is 16.2 Å². The maximum absolute atomic E-state index is 11.1. The maximum atomic E-state index is 11.1. The summed E-state index contributed by atoms with van der Waals surface area (Å²) >= 11 is 0. The number of phenols is 1. The highest BCUT2D eigenvalue weighted by molar-refractivity contribution is 5.76. The molecule has 0 aliphatic carbocycles. The highest BCUT2D eigenvalue weighted by Crippen LogP contribution is 2.25. The zero-order valence-corrected chi connectivity index (χ0v) is 8.97. The Bertz CT molecular complexity index is 327. The van der Waals surface area contributed by atoms with E-state index in [4.69, 9.17) is 10.2 Å². The fourth-order valence-corrected chi connectivity index (χ4v) is 1.56. The van der Waals surface area contributed by atoms with Crippen LogP contribution in [0.5, 0.6) is 5.75 Å². The lowest BCUT2D eigenvalue weighted by Gasteiger charge is -2.14. The summed E-state index contributed by atoms with van der Waals surface area (Å²) in [4.78, 5) is 11.1. The Morgan fingerprint density at radius 1 is 1.27 bits per heavy atom. The molecule has 0 amide bonds. The van der Waals surface area contributed by atoms with Gasteiger partial charge in [0.15, 0.2) is 0 Å². The van der Waals surface area contributed by atoms with Crippen molar-refractivity contribution in [3.63, 3.8) is 0 Å². The molecule has 0 bridgehead atoms. The van der Waals surface area contributed by atoms with E-state index >= 15 is 0 Å². The molecule has 2 N–H and O–H groups in total. The molecule has 1 aromatic rings. The fourth-order valence-electron chi connectivity index (χ4n) is 1.56. The van der Waals surface area contributed by atoms with Crippen LogP contribution in [0.4, 0.5) is 0 Å². The number of hydrogen-bond acceptors (Lipinski definition) is 2. The first-order valence-electron chi connectivity index (χ1n) is 5.02. The predicted molar refractivity (Wildman–Crippen MR) is 57.9 cm³/mol. The average Bonchev–Trinajstić information content (AvgIpc) is 2.15. The van der Waals surface area contributed by atoms with Gasteiger partial charge in [-0.3, -0.25) is 4.79 Å². The van der Waals surface area contributed by atoms with E-state index in [2.05, 4.69) is 0 Å². The summed E-state index contributed by atoms with van der Waals surface area (Å²) in [6, 6.07) is 6.37. The Kier molecular flexibility index (Phi) is 3.72. The van der Waals surface area contributed by atoms with Crippen LogP contribution in [0.1, 0.15) is 31.7 Å². The van der Waals surface area contributed by atoms with Crippen molar-refractivity contribution < 1.29 is 15.0 Å². The highest BCUT2D eigenvalue weighted by atomic mass is 16.4. The first kappa shape index (κ1) is 11.6. The fraction of sp³-hybridized carbons (Fsp3) is 0.417.